The van der Waals surface area contributed by atoms with Crippen LogP contribution in [0.3, 0.4) is 0 Å². The van der Waals surface area contributed by atoms with Gasteiger partial charge in [0.1, 0.15) is 9.71 Å². The maximum absolute atomic E-state index is 11.7. The normalized spacial score (nSPS) is 10.1. The zero-order chi connectivity index (χ0) is 12.4. The molecule has 0 unspecified atom stereocenters. The molecular formula is C11H8N2O3S. The summed E-state index contributed by atoms with van der Waals surface area (Å²) in [5.74, 6) is 1.69. The van der Waals surface area contributed by atoms with E-state index in [2.05, 4.69) is 15.9 Å². The Hall–Kier alpha value is -2.13. The average Bonchev–Trinajstić information content (AvgIpc) is 2.65. The van der Waals surface area contributed by atoms with Crippen LogP contribution in [0.4, 0.5) is 0 Å². The molecule has 0 saturated carbocycles. The Morgan fingerprint density at radius 3 is 3.12 bits per heavy atom. The van der Waals surface area contributed by atoms with E-state index in [1.807, 2.05) is 0 Å². The first kappa shape index (κ1) is 11.4. The van der Waals surface area contributed by atoms with Gasteiger partial charge in [-0.05, 0) is 12.5 Å². The van der Waals surface area contributed by atoms with Crippen molar-refractivity contribution in [3.63, 3.8) is 0 Å². The zero-order valence-electron chi connectivity index (χ0n) is 8.94. The van der Waals surface area contributed by atoms with Crippen molar-refractivity contribution in [1.29, 1.82) is 0 Å². The molecule has 0 bridgehead atoms. The summed E-state index contributed by atoms with van der Waals surface area (Å²) >= 11 is 1.12. The number of esters is 1. The number of aromatic nitrogens is 2. The van der Waals surface area contributed by atoms with Gasteiger partial charge in [-0.15, -0.1) is 17.8 Å². The molecule has 17 heavy (non-hydrogen) atoms. The molecule has 0 amide bonds. The van der Waals surface area contributed by atoms with Gasteiger partial charge in [-0.3, -0.25) is 4.79 Å². The minimum absolute atomic E-state index is 0.0870. The summed E-state index contributed by atoms with van der Waals surface area (Å²) in [6.45, 7) is 1.60. The van der Waals surface area contributed by atoms with Crippen LogP contribution in [0.5, 0.6) is 0 Å². The summed E-state index contributed by atoms with van der Waals surface area (Å²) < 4.78 is 4.82. The number of fused-ring (bicyclic) bond motifs is 1. The lowest BCUT2D eigenvalue weighted by Gasteiger charge is -1.98. The van der Waals surface area contributed by atoms with E-state index >= 15 is 0 Å². The van der Waals surface area contributed by atoms with Crippen LogP contribution < -0.4 is 5.56 Å². The fraction of sp³-hybridized carbons (Fsp3) is 0.182. The van der Waals surface area contributed by atoms with Crippen molar-refractivity contribution in [2.24, 2.45) is 0 Å². The average molecular weight is 248 g/mol. The molecular weight excluding hydrogens is 240 g/mol. The van der Waals surface area contributed by atoms with Crippen molar-refractivity contribution in [2.75, 3.05) is 6.61 Å². The molecule has 0 aliphatic carbocycles. The molecule has 2 aromatic rings. The highest BCUT2D eigenvalue weighted by Gasteiger charge is 2.18. The summed E-state index contributed by atoms with van der Waals surface area (Å²) in [5.41, 5.74) is 0.307. The van der Waals surface area contributed by atoms with Crippen LogP contribution in [0.15, 0.2) is 11.1 Å². The van der Waals surface area contributed by atoms with Crippen molar-refractivity contribution in [3.05, 3.63) is 27.1 Å². The maximum Gasteiger partial charge on any atom is 0.349 e. The van der Waals surface area contributed by atoms with Gasteiger partial charge in [-0.25, -0.2) is 9.78 Å². The van der Waals surface area contributed by atoms with E-state index in [0.717, 1.165) is 11.3 Å². The number of hydrogen-bond acceptors (Lipinski definition) is 5. The molecule has 0 saturated heterocycles. The van der Waals surface area contributed by atoms with Crippen LogP contribution in [-0.2, 0) is 4.74 Å². The lowest BCUT2D eigenvalue weighted by atomic mass is 10.2. The minimum Gasteiger partial charge on any atom is -0.448 e. The van der Waals surface area contributed by atoms with Gasteiger partial charge in [-0.1, -0.05) is 5.92 Å². The van der Waals surface area contributed by atoms with Crippen molar-refractivity contribution in [3.8, 4) is 12.3 Å². The zero-order valence-corrected chi connectivity index (χ0v) is 9.76. The molecule has 5 nitrogen and oxygen atoms in total. The van der Waals surface area contributed by atoms with Gasteiger partial charge in [0.25, 0.3) is 5.56 Å². The standard InChI is InChI=1S/C11H8N2O3S/c1-3-4-16-11(15)8-6(2)7-9(14)12-5-13-10(7)17-8/h1,5H,4H2,2H3,(H,12,13,14). The second-order valence-electron chi connectivity index (χ2n) is 3.25. The van der Waals surface area contributed by atoms with E-state index < -0.39 is 5.97 Å². The molecule has 2 aromatic heterocycles. The number of aromatic amines is 1. The molecule has 0 aliphatic heterocycles. The highest BCUT2D eigenvalue weighted by Crippen LogP contribution is 2.26. The molecule has 0 spiro atoms. The number of nitrogens with one attached hydrogen (secondary N) is 1. The van der Waals surface area contributed by atoms with Gasteiger partial charge in [0.15, 0.2) is 6.61 Å². The Morgan fingerprint density at radius 2 is 2.47 bits per heavy atom. The third-order valence-corrected chi connectivity index (χ3v) is 3.38. The summed E-state index contributed by atoms with van der Waals surface area (Å²) in [4.78, 5) is 30.6. The molecule has 1 N–H and O–H groups in total. The van der Waals surface area contributed by atoms with Gasteiger partial charge in [0.05, 0.1) is 11.7 Å². The van der Waals surface area contributed by atoms with E-state index in [1.165, 1.54) is 6.33 Å². The van der Waals surface area contributed by atoms with Gasteiger partial charge in [0.2, 0.25) is 0 Å². The van der Waals surface area contributed by atoms with E-state index in [9.17, 15) is 9.59 Å². The van der Waals surface area contributed by atoms with Crippen LogP contribution in [-0.4, -0.2) is 22.5 Å². The second kappa shape index (κ2) is 4.39. The van der Waals surface area contributed by atoms with Gasteiger partial charge >= 0.3 is 5.97 Å². The molecule has 6 heteroatoms. The first-order valence-electron chi connectivity index (χ1n) is 4.72. The maximum atomic E-state index is 11.7. The third kappa shape index (κ3) is 1.92. The van der Waals surface area contributed by atoms with E-state index in [4.69, 9.17) is 11.2 Å². The smallest absolute Gasteiger partial charge is 0.349 e. The Morgan fingerprint density at radius 1 is 1.71 bits per heavy atom. The molecule has 0 atom stereocenters. The predicted molar refractivity (Wildman–Crippen MR) is 64.1 cm³/mol. The number of carbonyl (C=O) groups is 1. The summed E-state index contributed by atoms with van der Waals surface area (Å²) in [6.07, 6.45) is 6.30. The van der Waals surface area contributed by atoms with Crippen molar-refractivity contribution in [1.82, 2.24) is 9.97 Å². The van der Waals surface area contributed by atoms with E-state index in [1.54, 1.807) is 6.92 Å². The number of hydrogen-bond donors (Lipinski definition) is 1. The number of nitrogens with zero attached hydrogens (tertiary/aromatic N) is 1. The molecule has 0 aliphatic rings. The lowest BCUT2D eigenvalue weighted by molar-refractivity contribution is 0.0562. The van der Waals surface area contributed by atoms with Crippen LogP contribution in [0.25, 0.3) is 10.2 Å². The monoisotopic (exact) mass is 248 g/mol. The first-order chi connectivity index (χ1) is 8.15. The van der Waals surface area contributed by atoms with Crippen molar-refractivity contribution < 1.29 is 9.53 Å². The molecule has 2 heterocycles. The number of thiophene rings is 1. The Bertz CT molecular complexity index is 678. The number of carbonyl (C=O) groups excluding carboxylic acids is 1. The van der Waals surface area contributed by atoms with Gasteiger partial charge < -0.3 is 9.72 Å². The second-order valence-corrected chi connectivity index (χ2v) is 4.25. The van der Waals surface area contributed by atoms with Crippen molar-refractivity contribution in [2.45, 2.75) is 6.92 Å². The quantitative estimate of drug-likeness (QED) is 0.637. The number of rotatable bonds is 2. The number of aryl methyl sites for hydroxylation is 1. The highest BCUT2D eigenvalue weighted by atomic mass is 32.1. The topological polar surface area (TPSA) is 72.0 Å². The van der Waals surface area contributed by atoms with E-state index in [0.29, 0.717) is 20.7 Å². The van der Waals surface area contributed by atoms with Crippen LogP contribution in [0.2, 0.25) is 0 Å². The number of terminal acetylenes is 1. The van der Waals surface area contributed by atoms with E-state index in [-0.39, 0.29) is 12.2 Å². The Kier molecular flexibility index (Phi) is 2.93. The summed E-state index contributed by atoms with van der Waals surface area (Å²) in [7, 11) is 0. The molecule has 0 fully saturated rings. The SMILES string of the molecule is C#CCOC(=O)c1sc2nc[nH]c(=O)c2c1C. The molecule has 0 radical (unpaired) electrons. The molecule has 0 aromatic carbocycles. The Labute approximate surface area is 100 Å². The predicted octanol–water partition coefficient (Wildman–Crippen LogP) is 1.08. The number of H-pyrrole nitrogens is 1. The third-order valence-electron chi connectivity index (χ3n) is 2.20. The Balaban J connectivity index is 2.54. The lowest BCUT2D eigenvalue weighted by Crippen LogP contribution is -2.07. The summed E-state index contributed by atoms with van der Waals surface area (Å²) in [6, 6.07) is 0. The van der Waals surface area contributed by atoms with Crippen LogP contribution in [0.1, 0.15) is 15.2 Å². The fourth-order valence-electron chi connectivity index (χ4n) is 1.45. The van der Waals surface area contributed by atoms with Crippen LogP contribution in [0, 0.1) is 19.3 Å². The van der Waals surface area contributed by atoms with Crippen LogP contribution >= 0.6 is 11.3 Å². The highest BCUT2D eigenvalue weighted by molar-refractivity contribution is 7.20. The van der Waals surface area contributed by atoms with Crippen molar-refractivity contribution >= 4 is 27.5 Å². The van der Waals surface area contributed by atoms with Gasteiger partial charge in [-0.2, -0.15) is 0 Å². The summed E-state index contributed by atoms with van der Waals surface area (Å²) in [5, 5.41) is 0.421. The number of ether oxygens (including phenoxy) is 1. The molecule has 2 rings (SSSR count). The molecule has 86 valence electrons. The first-order valence-corrected chi connectivity index (χ1v) is 5.54. The largest absolute Gasteiger partial charge is 0.448 e. The van der Waals surface area contributed by atoms with Gasteiger partial charge in [0, 0.05) is 0 Å². The fourth-order valence-corrected chi connectivity index (χ4v) is 2.49. The minimum atomic E-state index is -0.525.